The summed E-state index contributed by atoms with van der Waals surface area (Å²) in [4.78, 5) is 11.4. The van der Waals surface area contributed by atoms with Crippen molar-refractivity contribution in [2.45, 2.75) is 19.4 Å². The molecule has 2 aromatic rings. The summed E-state index contributed by atoms with van der Waals surface area (Å²) in [6.45, 7) is 0.845. The fourth-order valence-electron chi connectivity index (χ4n) is 1.82. The maximum Gasteiger partial charge on any atom is 0.264 e. The lowest BCUT2D eigenvalue weighted by atomic mass is 10.1. The van der Waals surface area contributed by atoms with E-state index in [0.29, 0.717) is 0 Å². The molecule has 1 heterocycles. The molecule has 2 rings (SSSR count). The van der Waals surface area contributed by atoms with Crippen LogP contribution in [0.2, 0.25) is 0 Å². The first-order valence-electron chi connectivity index (χ1n) is 5.72. The van der Waals surface area contributed by atoms with Crippen molar-refractivity contribution in [3.8, 4) is 11.3 Å². The Morgan fingerprint density at radius 1 is 1.18 bits per heavy atom. The second-order valence-electron chi connectivity index (χ2n) is 3.92. The van der Waals surface area contributed by atoms with Gasteiger partial charge in [-0.2, -0.15) is 0 Å². The molecule has 0 unspecified atom stereocenters. The highest BCUT2D eigenvalue weighted by Crippen LogP contribution is 2.17. The summed E-state index contributed by atoms with van der Waals surface area (Å²) >= 11 is 3.41. The van der Waals surface area contributed by atoms with Crippen LogP contribution < -0.4 is 5.56 Å². The van der Waals surface area contributed by atoms with Gasteiger partial charge in [0.2, 0.25) is 0 Å². The number of aromatic amines is 1. The van der Waals surface area contributed by atoms with Gasteiger partial charge in [-0.1, -0.05) is 46.3 Å². The van der Waals surface area contributed by atoms with Crippen LogP contribution in [0.3, 0.4) is 0 Å². The third-order valence-electron chi connectivity index (χ3n) is 2.64. The molecule has 0 saturated heterocycles. The molecular formula is C13H15BrN2O. The number of nitrogens with one attached hydrogen (secondary N) is 1. The number of H-pyrrole nitrogens is 1. The average Bonchev–Trinajstić information content (AvgIpc) is 2.72. The van der Waals surface area contributed by atoms with E-state index in [1.165, 1.54) is 0 Å². The first-order chi connectivity index (χ1) is 8.31. The van der Waals surface area contributed by atoms with Crippen molar-refractivity contribution in [3.63, 3.8) is 0 Å². The van der Waals surface area contributed by atoms with Gasteiger partial charge in [-0.15, -0.1) is 0 Å². The number of nitrogens with zero attached hydrogens (tertiary/aromatic N) is 1. The number of hydrogen-bond donors (Lipinski definition) is 1. The topological polar surface area (TPSA) is 37.8 Å². The Morgan fingerprint density at radius 3 is 2.65 bits per heavy atom. The van der Waals surface area contributed by atoms with Gasteiger partial charge in [-0.05, 0) is 18.4 Å². The van der Waals surface area contributed by atoms with Gasteiger partial charge in [-0.25, -0.2) is 0 Å². The van der Waals surface area contributed by atoms with Crippen molar-refractivity contribution in [3.05, 3.63) is 46.8 Å². The molecule has 90 valence electrons. The molecule has 0 radical (unpaired) electrons. The SMILES string of the molecule is O=c1cc(-c2ccccc2)n(CCCCBr)[nH]1. The molecule has 17 heavy (non-hydrogen) atoms. The molecule has 1 aromatic heterocycles. The minimum absolute atomic E-state index is 0.0392. The number of unbranched alkanes of at least 4 members (excludes halogenated alkanes) is 1. The Kier molecular flexibility index (Phi) is 4.20. The summed E-state index contributed by atoms with van der Waals surface area (Å²) in [6, 6.07) is 11.6. The molecule has 1 N–H and O–H groups in total. The fraction of sp³-hybridized carbons (Fsp3) is 0.308. The number of aromatic nitrogens is 2. The molecule has 0 atom stereocenters. The highest BCUT2D eigenvalue weighted by Gasteiger charge is 2.05. The van der Waals surface area contributed by atoms with Gasteiger partial charge < -0.3 is 0 Å². The zero-order valence-electron chi connectivity index (χ0n) is 9.53. The summed E-state index contributed by atoms with van der Waals surface area (Å²) in [6.07, 6.45) is 2.16. The standard InChI is InChI=1S/C13H15BrN2O/c14-8-4-5-9-16-12(10-13(17)15-16)11-6-2-1-3-7-11/h1-3,6-7,10H,4-5,8-9H2,(H,15,17). The van der Waals surface area contributed by atoms with Crippen LogP contribution in [0.1, 0.15) is 12.8 Å². The van der Waals surface area contributed by atoms with E-state index in [9.17, 15) is 4.79 Å². The third kappa shape index (κ3) is 3.09. The van der Waals surface area contributed by atoms with Gasteiger partial charge in [0.25, 0.3) is 5.56 Å². The van der Waals surface area contributed by atoms with Gasteiger partial charge in [0, 0.05) is 17.9 Å². The van der Waals surface area contributed by atoms with E-state index >= 15 is 0 Å². The summed E-state index contributed by atoms with van der Waals surface area (Å²) < 4.78 is 1.93. The van der Waals surface area contributed by atoms with E-state index < -0.39 is 0 Å². The molecule has 0 amide bonds. The molecule has 1 aromatic carbocycles. The highest BCUT2D eigenvalue weighted by atomic mass is 79.9. The predicted octanol–water partition coefficient (Wildman–Crippen LogP) is 3.02. The Morgan fingerprint density at radius 2 is 1.94 bits per heavy atom. The Hall–Kier alpha value is -1.29. The molecule has 0 aliphatic rings. The van der Waals surface area contributed by atoms with Crippen LogP contribution in [0.15, 0.2) is 41.2 Å². The molecule has 0 aliphatic heterocycles. The third-order valence-corrected chi connectivity index (χ3v) is 3.20. The maximum absolute atomic E-state index is 11.4. The second-order valence-corrected chi connectivity index (χ2v) is 4.71. The van der Waals surface area contributed by atoms with Gasteiger partial charge in [-0.3, -0.25) is 14.6 Å². The van der Waals surface area contributed by atoms with Crippen LogP contribution in [0.4, 0.5) is 0 Å². The number of alkyl halides is 1. The van der Waals surface area contributed by atoms with Gasteiger partial charge in [0.05, 0.1) is 5.69 Å². The number of halogens is 1. The van der Waals surface area contributed by atoms with E-state index in [2.05, 4.69) is 21.0 Å². The minimum Gasteiger partial charge on any atom is -0.285 e. The van der Waals surface area contributed by atoms with Crippen molar-refractivity contribution in [1.29, 1.82) is 0 Å². The van der Waals surface area contributed by atoms with Crippen molar-refractivity contribution in [2.75, 3.05) is 5.33 Å². The molecule has 0 aliphatic carbocycles. The number of rotatable bonds is 5. The molecular weight excluding hydrogens is 280 g/mol. The summed E-state index contributed by atoms with van der Waals surface area (Å²) in [5, 5.41) is 3.85. The van der Waals surface area contributed by atoms with Crippen LogP contribution in [0.25, 0.3) is 11.3 Å². The molecule has 0 spiro atoms. The quantitative estimate of drug-likeness (QED) is 0.668. The molecule has 0 bridgehead atoms. The van der Waals surface area contributed by atoms with Crippen LogP contribution in [-0.4, -0.2) is 15.1 Å². The molecule has 0 saturated carbocycles. The summed E-state index contributed by atoms with van der Waals surface area (Å²) in [5.74, 6) is 0. The minimum atomic E-state index is -0.0392. The molecule has 0 fully saturated rings. The van der Waals surface area contributed by atoms with Crippen molar-refractivity contribution < 1.29 is 0 Å². The van der Waals surface area contributed by atoms with Crippen LogP contribution in [0, 0.1) is 0 Å². The van der Waals surface area contributed by atoms with Crippen molar-refractivity contribution >= 4 is 15.9 Å². The lowest BCUT2D eigenvalue weighted by Crippen LogP contribution is -2.06. The lowest BCUT2D eigenvalue weighted by molar-refractivity contribution is 0.576. The van der Waals surface area contributed by atoms with Gasteiger partial charge >= 0.3 is 0 Å². The molecule has 3 nitrogen and oxygen atoms in total. The van der Waals surface area contributed by atoms with E-state index in [0.717, 1.165) is 36.0 Å². The summed E-state index contributed by atoms with van der Waals surface area (Å²) in [5.41, 5.74) is 2.00. The largest absolute Gasteiger partial charge is 0.285 e. The van der Waals surface area contributed by atoms with Gasteiger partial charge in [0.15, 0.2) is 0 Å². The fourth-order valence-corrected chi connectivity index (χ4v) is 2.21. The van der Waals surface area contributed by atoms with Crippen LogP contribution in [-0.2, 0) is 6.54 Å². The zero-order chi connectivity index (χ0) is 12.1. The van der Waals surface area contributed by atoms with Crippen LogP contribution in [0.5, 0.6) is 0 Å². The predicted molar refractivity (Wildman–Crippen MR) is 73.5 cm³/mol. The van der Waals surface area contributed by atoms with Gasteiger partial charge in [0.1, 0.15) is 0 Å². The van der Waals surface area contributed by atoms with E-state index in [-0.39, 0.29) is 5.56 Å². The monoisotopic (exact) mass is 294 g/mol. The van der Waals surface area contributed by atoms with Crippen molar-refractivity contribution in [1.82, 2.24) is 9.78 Å². The van der Waals surface area contributed by atoms with Crippen LogP contribution >= 0.6 is 15.9 Å². The average molecular weight is 295 g/mol. The number of aryl methyl sites for hydroxylation is 1. The first-order valence-corrected chi connectivity index (χ1v) is 6.84. The first kappa shape index (κ1) is 12.2. The molecule has 4 heteroatoms. The second kappa shape index (κ2) is 5.87. The van der Waals surface area contributed by atoms with Crippen molar-refractivity contribution in [2.24, 2.45) is 0 Å². The van der Waals surface area contributed by atoms with E-state index in [1.807, 2.05) is 35.0 Å². The Labute approximate surface area is 109 Å². The zero-order valence-corrected chi connectivity index (χ0v) is 11.1. The lowest BCUT2D eigenvalue weighted by Gasteiger charge is -2.07. The Balaban J connectivity index is 2.25. The normalized spacial score (nSPS) is 10.6. The van der Waals surface area contributed by atoms with E-state index in [1.54, 1.807) is 6.07 Å². The smallest absolute Gasteiger partial charge is 0.264 e. The number of benzene rings is 1. The van der Waals surface area contributed by atoms with E-state index in [4.69, 9.17) is 0 Å². The Bertz CT molecular complexity index is 516. The summed E-state index contributed by atoms with van der Waals surface area (Å²) in [7, 11) is 0. The maximum atomic E-state index is 11.4. The highest BCUT2D eigenvalue weighted by molar-refractivity contribution is 9.09. The number of hydrogen-bond acceptors (Lipinski definition) is 1.